The van der Waals surface area contributed by atoms with Gasteiger partial charge in [0.2, 0.25) is 0 Å². The molecule has 0 amide bonds. The van der Waals surface area contributed by atoms with E-state index >= 15 is 0 Å². The zero-order valence-electron chi connectivity index (χ0n) is 11.9. The van der Waals surface area contributed by atoms with Gasteiger partial charge in [-0.3, -0.25) is 0 Å². The number of hydrogen-bond acceptors (Lipinski definition) is 2. The van der Waals surface area contributed by atoms with E-state index in [2.05, 4.69) is 52.1 Å². The number of benzene rings is 1. The molecule has 0 fully saturated rings. The van der Waals surface area contributed by atoms with E-state index in [-0.39, 0.29) is 5.41 Å². The highest BCUT2D eigenvalue weighted by molar-refractivity contribution is 5.39. The average Bonchev–Trinajstić information content (AvgIpc) is 2.15. The number of aryl methyl sites for hydroxylation is 3. The summed E-state index contributed by atoms with van der Waals surface area (Å²) in [5, 5.41) is 13.7. The molecule has 1 aromatic carbocycles. The number of nitrogens with one attached hydrogen (secondary N) is 1. The van der Waals surface area contributed by atoms with Crippen LogP contribution in [0.1, 0.15) is 42.2 Å². The van der Waals surface area contributed by atoms with E-state index in [1.54, 1.807) is 0 Å². The zero-order valence-corrected chi connectivity index (χ0v) is 11.9. The van der Waals surface area contributed by atoms with Crippen molar-refractivity contribution in [2.45, 2.75) is 40.7 Å². The van der Waals surface area contributed by atoms with Crippen LogP contribution in [-0.2, 0) is 0 Å². The predicted molar refractivity (Wildman–Crippen MR) is 73.3 cm³/mol. The Labute approximate surface area is 105 Å². The molecule has 0 bridgehead atoms. The Morgan fingerprint density at radius 2 is 1.65 bits per heavy atom. The second kappa shape index (κ2) is 5.19. The molecule has 0 aliphatic rings. The van der Waals surface area contributed by atoms with Gasteiger partial charge in [0, 0.05) is 12.0 Å². The van der Waals surface area contributed by atoms with E-state index < -0.39 is 6.10 Å². The van der Waals surface area contributed by atoms with Crippen molar-refractivity contribution in [3.05, 3.63) is 34.4 Å². The normalized spacial score (nSPS) is 13.8. The molecule has 2 nitrogen and oxygen atoms in total. The van der Waals surface area contributed by atoms with Gasteiger partial charge in [-0.25, -0.2) is 0 Å². The highest BCUT2D eigenvalue weighted by Crippen LogP contribution is 2.36. The third kappa shape index (κ3) is 3.08. The van der Waals surface area contributed by atoms with Crippen LogP contribution in [0.25, 0.3) is 0 Å². The topological polar surface area (TPSA) is 32.3 Å². The van der Waals surface area contributed by atoms with Crippen molar-refractivity contribution in [2.75, 3.05) is 13.6 Å². The Hall–Kier alpha value is -0.860. The maximum Gasteiger partial charge on any atom is 0.0858 e. The van der Waals surface area contributed by atoms with Gasteiger partial charge in [0.05, 0.1) is 6.10 Å². The molecule has 1 unspecified atom stereocenters. The Bertz CT molecular complexity index is 373. The van der Waals surface area contributed by atoms with E-state index in [1.807, 2.05) is 7.05 Å². The van der Waals surface area contributed by atoms with Gasteiger partial charge in [0.25, 0.3) is 0 Å². The molecule has 1 rings (SSSR count). The first-order valence-corrected chi connectivity index (χ1v) is 6.20. The minimum Gasteiger partial charge on any atom is -0.388 e. The number of rotatable bonds is 4. The second-order valence-electron chi connectivity index (χ2n) is 5.73. The molecule has 0 heterocycles. The Balaban J connectivity index is 3.16. The summed E-state index contributed by atoms with van der Waals surface area (Å²) in [7, 11) is 1.92. The summed E-state index contributed by atoms with van der Waals surface area (Å²) in [5.41, 5.74) is 4.52. The third-order valence-corrected chi connectivity index (χ3v) is 3.38. The smallest absolute Gasteiger partial charge is 0.0858 e. The standard InChI is InChI=1S/C15H25NO/c1-10-7-11(2)13(12(3)8-10)14(17)15(4,5)9-16-6/h7-8,14,16-17H,9H2,1-6H3. The monoisotopic (exact) mass is 235 g/mol. The van der Waals surface area contributed by atoms with Crippen LogP contribution in [-0.4, -0.2) is 18.7 Å². The molecule has 1 atom stereocenters. The lowest BCUT2D eigenvalue weighted by Crippen LogP contribution is -2.33. The van der Waals surface area contributed by atoms with Crippen LogP contribution in [0.2, 0.25) is 0 Å². The van der Waals surface area contributed by atoms with Crippen molar-refractivity contribution in [1.82, 2.24) is 5.32 Å². The van der Waals surface area contributed by atoms with Crippen LogP contribution in [0.15, 0.2) is 12.1 Å². The Morgan fingerprint density at radius 3 is 2.06 bits per heavy atom. The summed E-state index contributed by atoms with van der Waals surface area (Å²) in [6.07, 6.45) is -0.435. The number of aliphatic hydroxyl groups is 1. The van der Waals surface area contributed by atoms with E-state index in [1.165, 1.54) is 16.7 Å². The summed E-state index contributed by atoms with van der Waals surface area (Å²) in [6, 6.07) is 4.28. The SMILES string of the molecule is CNCC(C)(C)C(O)c1c(C)cc(C)cc1C. The lowest BCUT2D eigenvalue weighted by atomic mass is 9.79. The third-order valence-electron chi connectivity index (χ3n) is 3.38. The molecule has 17 heavy (non-hydrogen) atoms. The van der Waals surface area contributed by atoms with Gasteiger partial charge in [0.1, 0.15) is 0 Å². The first-order valence-electron chi connectivity index (χ1n) is 6.20. The van der Waals surface area contributed by atoms with E-state index in [0.29, 0.717) is 0 Å². The van der Waals surface area contributed by atoms with Gasteiger partial charge in [-0.2, -0.15) is 0 Å². The van der Waals surface area contributed by atoms with E-state index in [0.717, 1.165) is 12.1 Å². The highest BCUT2D eigenvalue weighted by Gasteiger charge is 2.30. The summed E-state index contributed by atoms with van der Waals surface area (Å²) < 4.78 is 0. The largest absolute Gasteiger partial charge is 0.388 e. The average molecular weight is 235 g/mol. The van der Waals surface area contributed by atoms with Gasteiger partial charge in [-0.05, 0) is 44.5 Å². The molecule has 0 saturated carbocycles. The molecule has 2 heteroatoms. The molecule has 96 valence electrons. The lowest BCUT2D eigenvalue weighted by Gasteiger charge is -2.32. The van der Waals surface area contributed by atoms with Crippen LogP contribution in [0.3, 0.4) is 0 Å². The van der Waals surface area contributed by atoms with Crippen molar-refractivity contribution < 1.29 is 5.11 Å². The summed E-state index contributed by atoms with van der Waals surface area (Å²) in [4.78, 5) is 0. The minimum absolute atomic E-state index is 0.167. The van der Waals surface area contributed by atoms with Crippen LogP contribution >= 0.6 is 0 Å². The van der Waals surface area contributed by atoms with Crippen molar-refractivity contribution in [1.29, 1.82) is 0 Å². The van der Waals surface area contributed by atoms with Crippen LogP contribution < -0.4 is 5.32 Å². The molecule has 0 radical (unpaired) electrons. The number of aliphatic hydroxyl groups excluding tert-OH is 1. The van der Waals surface area contributed by atoms with Gasteiger partial charge in [-0.15, -0.1) is 0 Å². The lowest BCUT2D eigenvalue weighted by molar-refractivity contribution is 0.0496. The summed E-state index contributed by atoms with van der Waals surface area (Å²) in [5.74, 6) is 0. The maximum absolute atomic E-state index is 10.6. The van der Waals surface area contributed by atoms with Crippen molar-refractivity contribution >= 4 is 0 Å². The van der Waals surface area contributed by atoms with Gasteiger partial charge >= 0.3 is 0 Å². The van der Waals surface area contributed by atoms with Crippen LogP contribution in [0, 0.1) is 26.2 Å². The zero-order chi connectivity index (χ0) is 13.2. The molecule has 0 saturated heterocycles. The van der Waals surface area contributed by atoms with Crippen molar-refractivity contribution in [3.8, 4) is 0 Å². The highest BCUT2D eigenvalue weighted by atomic mass is 16.3. The van der Waals surface area contributed by atoms with Gasteiger partial charge < -0.3 is 10.4 Å². The Morgan fingerprint density at radius 1 is 1.18 bits per heavy atom. The van der Waals surface area contributed by atoms with E-state index in [4.69, 9.17) is 0 Å². The molecule has 2 N–H and O–H groups in total. The fourth-order valence-electron chi connectivity index (χ4n) is 2.57. The van der Waals surface area contributed by atoms with Gasteiger partial charge in [0.15, 0.2) is 0 Å². The van der Waals surface area contributed by atoms with Crippen LogP contribution in [0.5, 0.6) is 0 Å². The van der Waals surface area contributed by atoms with Gasteiger partial charge in [-0.1, -0.05) is 31.5 Å². The van der Waals surface area contributed by atoms with Crippen LogP contribution in [0.4, 0.5) is 0 Å². The van der Waals surface area contributed by atoms with Crippen molar-refractivity contribution in [3.63, 3.8) is 0 Å². The second-order valence-corrected chi connectivity index (χ2v) is 5.73. The fraction of sp³-hybridized carbons (Fsp3) is 0.600. The van der Waals surface area contributed by atoms with Crippen molar-refractivity contribution in [2.24, 2.45) is 5.41 Å². The van der Waals surface area contributed by atoms with E-state index in [9.17, 15) is 5.11 Å². The quantitative estimate of drug-likeness (QED) is 0.841. The molecular weight excluding hydrogens is 210 g/mol. The summed E-state index contributed by atoms with van der Waals surface area (Å²) in [6.45, 7) is 11.2. The molecule has 0 aliphatic carbocycles. The molecule has 0 aromatic heterocycles. The molecule has 1 aromatic rings. The molecule has 0 aliphatic heterocycles. The number of hydrogen-bond donors (Lipinski definition) is 2. The fourth-order valence-corrected chi connectivity index (χ4v) is 2.57. The maximum atomic E-state index is 10.6. The first-order chi connectivity index (χ1) is 7.79. The first kappa shape index (κ1) is 14.2. The molecular formula is C15H25NO. The predicted octanol–water partition coefficient (Wildman–Crippen LogP) is 2.89. The Kier molecular flexibility index (Phi) is 4.34. The summed E-state index contributed by atoms with van der Waals surface area (Å²) >= 11 is 0. The molecule has 0 spiro atoms. The minimum atomic E-state index is -0.435.